The van der Waals surface area contributed by atoms with Crippen LogP contribution in [0.3, 0.4) is 0 Å². The number of benzene rings is 1. The fourth-order valence-electron chi connectivity index (χ4n) is 5.61. The molecule has 1 aliphatic heterocycles. The highest BCUT2D eigenvalue weighted by Crippen LogP contribution is 2.61. The minimum atomic E-state index is -4.22. The largest absolute Gasteiger partial charge is 0.389 e. The van der Waals surface area contributed by atoms with Crippen molar-refractivity contribution in [3.05, 3.63) is 34.9 Å². The topological polar surface area (TPSA) is 67.9 Å². The van der Waals surface area contributed by atoms with E-state index in [9.17, 15) is 18.0 Å². The van der Waals surface area contributed by atoms with E-state index in [1.807, 2.05) is 6.07 Å². The first-order valence-electron chi connectivity index (χ1n) is 10.4. The molecular formula is C22H28F3N3O2. The highest BCUT2D eigenvalue weighted by molar-refractivity contribution is 6.01. The lowest BCUT2D eigenvalue weighted by Crippen LogP contribution is -2.58. The van der Waals surface area contributed by atoms with Gasteiger partial charge in [-0.05, 0) is 55.2 Å². The number of ketones is 1. The fraction of sp³-hybridized carbons (Fsp3) is 0.636. The van der Waals surface area contributed by atoms with E-state index in [0.29, 0.717) is 17.9 Å². The number of nitrogens with two attached hydrogens (primary N) is 1. The van der Waals surface area contributed by atoms with Gasteiger partial charge in [0.1, 0.15) is 0 Å². The first-order valence-corrected chi connectivity index (χ1v) is 10.4. The Bertz CT molecular complexity index is 875. The molecule has 1 saturated carbocycles. The zero-order chi connectivity index (χ0) is 21.7. The predicted octanol–water partition coefficient (Wildman–Crippen LogP) is 3.34. The maximum atomic E-state index is 13.6. The number of aryl methyl sites for hydroxylation is 1. The number of Topliss-reactive ketones (excluding diaryl/α,β-unsaturated/α-hetero) is 1. The second kappa shape index (κ2) is 7.25. The molecule has 0 saturated heterocycles. The molecule has 2 spiro atoms. The van der Waals surface area contributed by atoms with Crippen molar-refractivity contribution in [2.75, 3.05) is 20.7 Å². The molecule has 1 heterocycles. The zero-order valence-corrected chi connectivity index (χ0v) is 17.4. The standard InChI is InChI=1S/C22H28F3N3O2/c1-28-13-18(29)22(27-19(28)26)17-11-14(5-10-21(23,24)25)3-4-15(17)12-20(22)8-6-16(30-2)7-9-20/h3-4,11,16H,5-10,12-13H2,1-2H3,(H2,26,27). The number of hydrogen-bond donors (Lipinski definition) is 1. The maximum absolute atomic E-state index is 13.6. The number of hydrogen-bond acceptors (Lipinski definition) is 5. The molecule has 2 N–H and O–H groups in total. The average Bonchev–Trinajstić information content (AvgIpc) is 2.94. The van der Waals surface area contributed by atoms with Crippen molar-refractivity contribution in [3.8, 4) is 0 Å². The molecule has 0 aromatic heterocycles. The molecule has 4 rings (SSSR count). The van der Waals surface area contributed by atoms with Crippen LogP contribution in [-0.2, 0) is 27.9 Å². The first kappa shape index (κ1) is 21.2. The minimum Gasteiger partial charge on any atom is -0.381 e. The van der Waals surface area contributed by atoms with Crippen LogP contribution < -0.4 is 5.73 Å². The van der Waals surface area contributed by atoms with Crippen LogP contribution in [0.1, 0.15) is 48.8 Å². The Morgan fingerprint density at radius 1 is 1.30 bits per heavy atom. The van der Waals surface area contributed by atoms with Crippen molar-refractivity contribution in [2.24, 2.45) is 16.1 Å². The van der Waals surface area contributed by atoms with E-state index in [4.69, 9.17) is 15.5 Å². The summed E-state index contributed by atoms with van der Waals surface area (Å²) in [5.41, 5.74) is 7.00. The summed E-state index contributed by atoms with van der Waals surface area (Å²) in [5.74, 6) is 0.276. The van der Waals surface area contributed by atoms with E-state index < -0.39 is 23.6 Å². The second-order valence-electron chi connectivity index (χ2n) is 8.96. The third kappa shape index (κ3) is 3.29. The third-order valence-corrected chi connectivity index (χ3v) is 7.24. The molecule has 8 heteroatoms. The Kier molecular flexibility index (Phi) is 5.11. The van der Waals surface area contributed by atoms with Crippen LogP contribution in [0.2, 0.25) is 0 Å². The SMILES string of the molecule is COC1CCC2(CC1)Cc1ccc(CCC(F)(F)F)cc1C21N=C(N)N(C)CC1=O. The molecule has 2 aliphatic carbocycles. The molecule has 1 fully saturated rings. The fourth-order valence-corrected chi connectivity index (χ4v) is 5.61. The Morgan fingerprint density at radius 3 is 2.63 bits per heavy atom. The van der Waals surface area contributed by atoms with Gasteiger partial charge in [0.2, 0.25) is 0 Å². The van der Waals surface area contributed by atoms with E-state index in [1.165, 1.54) is 0 Å². The van der Waals surface area contributed by atoms with E-state index in [0.717, 1.165) is 36.8 Å². The van der Waals surface area contributed by atoms with E-state index in [1.54, 1.807) is 31.2 Å². The van der Waals surface area contributed by atoms with Crippen LogP contribution >= 0.6 is 0 Å². The van der Waals surface area contributed by atoms with Crippen LogP contribution in [-0.4, -0.2) is 49.6 Å². The predicted molar refractivity (Wildman–Crippen MR) is 107 cm³/mol. The van der Waals surface area contributed by atoms with Crippen LogP contribution in [0, 0.1) is 5.41 Å². The monoisotopic (exact) mass is 423 g/mol. The number of aliphatic imine (C=N–C) groups is 1. The van der Waals surface area contributed by atoms with Gasteiger partial charge in [-0.25, -0.2) is 4.99 Å². The molecule has 1 aromatic rings. The second-order valence-corrected chi connectivity index (χ2v) is 8.96. The van der Waals surface area contributed by atoms with Crippen molar-refractivity contribution in [1.82, 2.24) is 4.90 Å². The lowest BCUT2D eigenvalue weighted by Gasteiger charge is -2.49. The number of carbonyl (C=O) groups excluding carboxylic acids is 1. The lowest BCUT2D eigenvalue weighted by atomic mass is 9.59. The summed E-state index contributed by atoms with van der Waals surface area (Å²) in [5, 5.41) is 0. The number of nitrogens with zero attached hydrogens (tertiary/aromatic N) is 2. The van der Waals surface area contributed by atoms with Gasteiger partial charge in [-0.1, -0.05) is 18.2 Å². The molecule has 164 valence electrons. The number of guanidine groups is 1. The summed E-state index contributed by atoms with van der Waals surface area (Å²) in [7, 11) is 3.43. The summed E-state index contributed by atoms with van der Waals surface area (Å²) in [6.45, 7) is 0.150. The number of ether oxygens (including phenoxy) is 1. The normalized spacial score (nSPS) is 31.4. The quantitative estimate of drug-likeness (QED) is 0.810. The van der Waals surface area contributed by atoms with Crippen molar-refractivity contribution >= 4 is 11.7 Å². The molecule has 3 aliphatic rings. The maximum Gasteiger partial charge on any atom is 0.389 e. The molecule has 1 atom stereocenters. The molecule has 1 aromatic carbocycles. The van der Waals surface area contributed by atoms with Gasteiger partial charge in [-0.2, -0.15) is 13.2 Å². The van der Waals surface area contributed by atoms with Gasteiger partial charge in [-0.15, -0.1) is 0 Å². The summed E-state index contributed by atoms with van der Waals surface area (Å²) in [6.07, 6.45) is -1.19. The summed E-state index contributed by atoms with van der Waals surface area (Å²) >= 11 is 0. The van der Waals surface area contributed by atoms with Crippen molar-refractivity contribution in [2.45, 2.75) is 62.8 Å². The highest BCUT2D eigenvalue weighted by atomic mass is 19.4. The molecule has 5 nitrogen and oxygen atoms in total. The Hall–Kier alpha value is -2.09. The van der Waals surface area contributed by atoms with E-state index in [-0.39, 0.29) is 24.9 Å². The Labute approximate surface area is 174 Å². The van der Waals surface area contributed by atoms with Gasteiger partial charge in [0.25, 0.3) is 0 Å². The Balaban J connectivity index is 1.80. The minimum absolute atomic E-state index is 0.0261. The smallest absolute Gasteiger partial charge is 0.381 e. The molecule has 30 heavy (non-hydrogen) atoms. The number of likely N-dealkylation sites (N-methyl/N-ethyl adjacent to an activating group) is 1. The van der Waals surface area contributed by atoms with Crippen molar-refractivity contribution < 1.29 is 22.7 Å². The van der Waals surface area contributed by atoms with Crippen molar-refractivity contribution in [3.63, 3.8) is 0 Å². The first-order chi connectivity index (χ1) is 14.1. The van der Waals surface area contributed by atoms with Gasteiger partial charge < -0.3 is 15.4 Å². The third-order valence-electron chi connectivity index (χ3n) is 7.24. The number of methoxy groups -OCH3 is 1. The number of fused-ring (bicyclic) bond motifs is 3. The average molecular weight is 423 g/mol. The molecule has 1 unspecified atom stereocenters. The van der Waals surface area contributed by atoms with Gasteiger partial charge in [0.15, 0.2) is 17.3 Å². The zero-order valence-electron chi connectivity index (χ0n) is 17.4. The van der Waals surface area contributed by atoms with E-state index in [2.05, 4.69) is 0 Å². The van der Waals surface area contributed by atoms with Crippen LogP contribution in [0.4, 0.5) is 13.2 Å². The van der Waals surface area contributed by atoms with Crippen LogP contribution in [0.5, 0.6) is 0 Å². The lowest BCUT2D eigenvalue weighted by molar-refractivity contribution is -0.134. The number of alkyl halides is 3. The summed E-state index contributed by atoms with van der Waals surface area (Å²) in [6, 6.07) is 5.42. The summed E-state index contributed by atoms with van der Waals surface area (Å²) < 4.78 is 43.8. The van der Waals surface area contributed by atoms with Crippen molar-refractivity contribution in [1.29, 1.82) is 0 Å². The van der Waals surface area contributed by atoms with Crippen LogP contribution in [0.15, 0.2) is 23.2 Å². The van der Waals surface area contributed by atoms with Gasteiger partial charge in [-0.3, -0.25) is 4.79 Å². The Morgan fingerprint density at radius 2 is 2.00 bits per heavy atom. The molecule has 0 amide bonds. The highest BCUT2D eigenvalue weighted by Gasteiger charge is 2.63. The van der Waals surface area contributed by atoms with E-state index >= 15 is 0 Å². The van der Waals surface area contributed by atoms with Gasteiger partial charge in [0.05, 0.1) is 12.6 Å². The van der Waals surface area contributed by atoms with Gasteiger partial charge in [0, 0.05) is 26.0 Å². The number of carbonyl (C=O) groups is 1. The molecular weight excluding hydrogens is 395 g/mol. The molecule has 0 radical (unpaired) electrons. The molecule has 0 bridgehead atoms. The number of rotatable bonds is 3. The van der Waals surface area contributed by atoms with Crippen LogP contribution in [0.25, 0.3) is 0 Å². The van der Waals surface area contributed by atoms with Gasteiger partial charge >= 0.3 is 6.18 Å². The summed E-state index contributed by atoms with van der Waals surface area (Å²) in [4.78, 5) is 20.0. The number of halogens is 3.